The van der Waals surface area contributed by atoms with Crippen LogP contribution in [0.5, 0.6) is 0 Å². The Morgan fingerprint density at radius 1 is 1.08 bits per heavy atom. The quantitative estimate of drug-likeness (QED) is 0.823. The van der Waals surface area contributed by atoms with E-state index in [1.807, 2.05) is 6.07 Å². The summed E-state index contributed by atoms with van der Waals surface area (Å²) in [7, 11) is 2.77. The number of hydrogen-bond acceptors (Lipinski definition) is 4. The lowest BCUT2D eigenvalue weighted by molar-refractivity contribution is -0.116. The van der Waals surface area contributed by atoms with E-state index in [0.717, 1.165) is 20.8 Å². The summed E-state index contributed by atoms with van der Waals surface area (Å²) < 4.78 is 2.03. The molecule has 0 aliphatic carbocycles. The van der Waals surface area contributed by atoms with Gasteiger partial charge in [0.15, 0.2) is 0 Å². The molecule has 1 aliphatic heterocycles. The average Bonchev–Trinajstić information content (AvgIpc) is 2.55. The van der Waals surface area contributed by atoms with E-state index in [0.29, 0.717) is 24.2 Å². The second-order valence-corrected chi connectivity index (χ2v) is 5.64. The van der Waals surface area contributed by atoms with Crippen molar-refractivity contribution in [2.45, 2.75) is 12.8 Å². The van der Waals surface area contributed by atoms with E-state index in [2.05, 4.69) is 10.6 Å². The maximum atomic E-state index is 12.4. The van der Waals surface area contributed by atoms with Gasteiger partial charge in [0, 0.05) is 38.0 Å². The van der Waals surface area contributed by atoms with Crippen LogP contribution < -0.4 is 21.9 Å². The van der Waals surface area contributed by atoms with Gasteiger partial charge >= 0.3 is 5.69 Å². The number of anilines is 2. The standard InChI is InChI=1S/C16H16N4O4/c1-19-12(8-14(22)20(2)16(19)24)15(23)17-10-5-3-9-4-6-13(21)18-11(9)7-10/h3,5,7-8H,4,6H2,1-2H3,(H,17,23)(H,18,21). The zero-order valence-corrected chi connectivity index (χ0v) is 13.3. The largest absolute Gasteiger partial charge is 0.331 e. The first-order chi connectivity index (χ1) is 11.4. The number of hydrogen-bond donors (Lipinski definition) is 2. The highest BCUT2D eigenvalue weighted by Crippen LogP contribution is 2.26. The monoisotopic (exact) mass is 328 g/mol. The van der Waals surface area contributed by atoms with Crippen LogP contribution in [0.15, 0.2) is 33.9 Å². The minimum atomic E-state index is -0.578. The lowest BCUT2D eigenvalue weighted by Crippen LogP contribution is -2.40. The smallest absolute Gasteiger partial charge is 0.326 e. The highest BCUT2D eigenvalue weighted by atomic mass is 16.2. The normalized spacial score (nSPS) is 13.2. The molecule has 2 N–H and O–H groups in total. The van der Waals surface area contributed by atoms with Crippen LogP contribution in [-0.4, -0.2) is 20.9 Å². The van der Waals surface area contributed by atoms with Gasteiger partial charge in [-0.1, -0.05) is 6.07 Å². The summed E-state index contributed by atoms with van der Waals surface area (Å²) in [5, 5.41) is 5.39. The van der Waals surface area contributed by atoms with Crippen molar-refractivity contribution in [2.75, 3.05) is 10.6 Å². The summed E-state index contributed by atoms with van der Waals surface area (Å²) >= 11 is 0. The van der Waals surface area contributed by atoms with Crippen LogP contribution in [-0.2, 0) is 25.3 Å². The van der Waals surface area contributed by atoms with Crippen molar-refractivity contribution >= 4 is 23.2 Å². The Bertz CT molecular complexity index is 971. The summed E-state index contributed by atoms with van der Waals surface area (Å²) in [6.07, 6.45) is 1.09. The number of amides is 2. The molecule has 8 nitrogen and oxygen atoms in total. The first-order valence-corrected chi connectivity index (χ1v) is 7.38. The molecular weight excluding hydrogens is 312 g/mol. The summed E-state index contributed by atoms with van der Waals surface area (Å²) in [4.78, 5) is 47.4. The first-order valence-electron chi connectivity index (χ1n) is 7.38. The molecule has 2 amide bonds. The maximum Gasteiger partial charge on any atom is 0.331 e. The predicted molar refractivity (Wildman–Crippen MR) is 88.3 cm³/mol. The highest BCUT2D eigenvalue weighted by Gasteiger charge is 2.17. The Morgan fingerprint density at radius 3 is 2.58 bits per heavy atom. The number of nitrogens with zero attached hydrogens (tertiary/aromatic N) is 2. The molecule has 0 atom stereocenters. The fourth-order valence-electron chi connectivity index (χ4n) is 2.60. The Kier molecular flexibility index (Phi) is 3.80. The van der Waals surface area contributed by atoms with Crippen molar-refractivity contribution in [1.29, 1.82) is 0 Å². The van der Waals surface area contributed by atoms with Crippen LogP contribution in [0.4, 0.5) is 11.4 Å². The van der Waals surface area contributed by atoms with Gasteiger partial charge in [-0.3, -0.25) is 23.5 Å². The number of nitrogens with one attached hydrogen (secondary N) is 2. The third-order valence-corrected chi connectivity index (χ3v) is 4.02. The molecule has 0 spiro atoms. The van der Waals surface area contributed by atoms with Gasteiger partial charge in [-0.2, -0.15) is 0 Å². The van der Waals surface area contributed by atoms with Crippen molar-refractivity contribution in [3.8, 4) is 0 Å². The van der Waals surface area contributed by atoms with Crippen LogP contribution in [0.1, 0.15) is 22.5 Å². The summed E-state index contributed by atoms with van der Waals surface area (Å²) in [5.41, 5.74) is 0.945. The molecule has 0 saturated carbocycles. The molecule has 3 rings (SSSR count). The van der Waals surface area contributed by atoms with Crippen molar-refractivity contribution in [1.82, 2.24) is 9.13 Å². The Labute approximate surface area is 136 Å². The molecule has 8 heteroatoms. The fourth-order valence-corrected chi connectivity index (χ4v) is 2.60. The number of aryl methyl sites for hydroxylation is 1. The number of aromatic nitrogens is 2. The molecule has 2 aromatic rings. The predicted octanol–water partition coefficient (Wildman–Crippen LogP) is 0.221. The van der Waals surface area contributed by atoms with Gasteiger partial charge in [0.2, 0.25) is 5.91 Å². The summed E-state index contributed by atoms with van der Waals surface area (Å²) in [5.74, 6) is -0.644. The Balaban J connectivity index is 1.91. The van der Waals surface area contributed by atoms with Crippen LogP contribution in [0.25, 0.3) is 0 Å². The number of rotatable bonds is 2. The fraction of sp³-hybridized carbons (Fsp3) is 0.250. The topological polar surface area (TPSA) is 102 Å². The molecule has 124 valence electrons. The Morgan fingerprint density at radius 2 is 1.83 bits per heavy atom. The molecule has 24 heavy (non-hydrogen) atoms. The van der Waals surface area contributed by atoms with Crippen molar-refractivity contribution in [3.05, 3.63) is 56.4 Å². The number of carbonyl (C=O) groups excluding carboxylic acids is 2. The third kappa shape index (κ3) is 2.73. The zero-order chi connectivity index (χ0) is 17.4. The molecule has 0 radical (unpaired) electrons. The lowest BCUT2D eigenvalue weighted by Gasteiger charge is -2.18. The molecule has 0 unspecified atom stereocenters. The van der Waals surface area contributed by atoms with Gasteiger partial charge in [-0.25, -0.2) is 4.79 Å². The molecule has 2 heterocycles. The molecule has 1 aliphatic rings. The molecule has 0 saturated heterocycles. The van der Waals surface area contributed by atoms with E-state index in [1.54, 1.807) is 12.1 Å². The van der Waals surface area contributed by atoms with E-state index in [9.17, 15) is 19.2 Å². The third-order valence-electron chi connectivity index (χ3n) is 4.02. The van der Waals surface area contributed by atoms with Crippen molar-refractivity contribution in [2.24, 2.45) is 14.1 Å². The second-order valence-electron chi connectivity index (χ2n) is 5.64. The molecule has 0 fully saturated rings. The van der Waals surface area contributed by atoms with Crippen LogP contribution in [0.3, 0.4) is 0 Å². The lowest BCUT2D eigenvalue weighted by atomic mass is 10.0. The number of benzene rings is 1. The minimum Gasteiger partial charge on any atom is -0.326 e. The summed E-state index contributed by atoms with van der Waals surface area (Å²) in [6, 6.07) is 6.31. The summed E-state index contributed by atoms with van der Waals surface area (Å²) in [6.45, 7) is 0. The van der Waals surface area contributed by atoms with Gasteiger partial charge in [0.05, 0.1) is 0 Å². The van der Waals surface area contributed by atoms with E-state index < -0.39 is 17.2 Å². The van der Waals surface area contributed by atoms with Crippen LogP contribution >= 0.6 is 0 Å². The minimum absolute atomic E-state index is 0.0372. The first kappa shape index (κ1) is 15.7. The highest BCUT2D eigenvalue weighted by molar-refractivity contribution is 6.03. The van der Waals surface area contributed by atoms with Crippen molar-refractivity contribution < 1.29 is 9.59 Å². The molecule has 0 bridgehead atoms. The number of fused-ring (bicyclic) bond motifs is 1. The molecule has 1 aromatic heterocycles. The van der Waals surface area contributed by atoms with E-state index >= 15 is 0 Å². The van der Waals surface area contributed by atoms with Crippen LogP contribution in [0, 0.1) is 0 Å². The van der Waals surface area contributed by atoms with Crippen LogP contribution in [0.2, 0.25) is 0 Å². The van der Waals surface area contributed by atoms with Gasteiger partial charge in [0.25, 0.3) is 11.5 Å². The van der Waals surface area contributed by atoms with E-state index in [1.165, 1.54) is 14.1 Å². The van der Waals surface area contributed by atoms with E-state index in [4.69, 9.17) is 0 Å². The number of carbonyl (C=O) groups is 2. The maximum absolute atomic E-state index is 12.4. The van der Waals surface area contributed by atoms with Gasteiger partial charge in [-0.15, -0.1) is 0 Å². The van der Waals surface area contributed by atoms with E-state index in [-0.39, 0.29) is 11.6 Å². The Hall–Kier alpha value is -3.16. The van der Waals surface area contributed by atoms with Gasteiger partial charge in [-0.05, 0) is 24.1 Å². The molecule has 1 aromatic carbocycles. The zero-order valence-electron chi connectivity index (χ0n) is 13.3. The SMILES string of the molecule is Cn1c(C(=O)Nc2ccc3c(c2)NC(=O)CC3)cc(=O)n(C)c1=O. The molecular formula is C16H16N4O4. The second kappa shape index (κ2) is 5.80. The average molecular weight is 328 g/mol. The van der Waals surface area contributed by atoms with Gasteiger partial charge in [0.1, 0.15) is 5.69 Å². The van der Waals surface area contributed by atoms with Gasteiger partial charge < -0.3 is 10.6 Å². The van der Waals surface area contributed by atoms with Crippen molar-refractivity contribution in [3.63, 3.8) is 0 Å².